The quantitative estimate of drug-likeness (QED) is 0.793. The van der Waals surface area contributed by atoms with E-state index in [0.717, 1.165) is 6.07 Å². The van der Waals surface area contributed by atoms with Crippen molar-refractivity contribution in [2.75, 3.05) is 0 Å². The first-order valence-electron chi connectivity index (χ1n) is 3.85. The van der Waals surface area contributed by atoms with Gasteiger partial charge < -0.3 is 5.73 Å². The van der Waals surface area contributed by atoms with E-state index in [4.69, 9.17) is 5.73 Å². The summed E-state index contributed by atoms with van der Waals surface area (Å²) in [6.45, 7) is 1.87. The molecule has 1 aromatic rings. The third kappa shape index (κ3) is 3.28. The van der Waals surface area contributed by atoms with Crippen molar-refractivity contribution in [3.8, 4) is 0 Å². The fourth-order valence-electron chi connectivity index (χ4n) is 1.02. The molecule has 0 aliphatic rings. The van der Waals surface area contributed by atoms with Crippen molar-refractivity contribution >= 4 is 12.4 Å². The molecule has 0 unspecified atom stereocenters. The molecule has 0 saturated carbocycles. The summed E-state index contributed by atoms with van der Waals surface area (Å²) in [7, 11) is 0. The molecule has 0 fully saturated rings. The van der Waals surface area contributed by atoms with Crippen molar-refractivity contribution in [2.45, 2.75) is 19.4 Å². The van der Waals surface area contributed by atoms with Gasteiger partial charge in [0.2, 0.25) is 0 Å². The fraction of sp³-hybridized carbons (Fsp3) is 0.333. The summed E-state index contributed by atoms with van der Waals surface area (Å²) in [5.74, 6) is -1.15. The SMILES string of the molecule is CC[C@@H](N)c1cc(F)cc(F)c1.Cl. The highest BCUT2D eigenvalue weighted by Gasteiger charge is 2.06. The summed E-state index contributed by atoms with van der Waals surface area (Å²) in [6.07, 6.45) is 0.670. The zero-order valence-electron chi connectivity index (χ0n) is 7.26. The van der Waals surface area contributed by atoms with Gasteiger partial charge in [-0.25, -0.2) is 8.78 Å². The van der Waals surface area contributed by atoms with Gasteiger partial charge in [-0.05, 0) is 24.1 Å². The molecule has 0 heterocycles. The minimum Gasteiger partial charge on any atom is -0.324 e. The number of nitrogens with two attached hydrogens (primary N) is 1. The molecule has 1 atom stereocenters. The Morgan fingerprint density at radius 3 is 2.08 bits per heavy atom. The summed E-state index contributed by atoms with van der Waals surface area (Å²) >= 11 is 0. The van der Waals surface area contributed by atoms with E-state index >= 15 is 0 Å². The van der Waals surface area contributed by atoms with E-state index in [1.807, 2.05) is 6.92 Å². The van der Waals surface area contributed by atoms with Gasteiger partial charge in [-0.1, -0.05) is 6.92 Å². The molecule has 0 aliphatic heterocycles. The molecular weight excluding hydrogens is 196 g/mol. The lowest BCUT2D eigenvalue weighted by Gasteiger charge is -2.08. The van der Waals surface area contributed by atoms with E-state index in [9.17, 15) is 8.78 Å². The van der Waals surface area contributed by atoms with E-state index in [-0.39, 0.29) is 18.4 Å². The van der Waals surface area contributed by atoms with E-state index in [1.165, 1.54) is 12.1 Å². The van der Waals surface area contributed by atoms with Gasteiger partial charge in [0, 0.05) is 12.1 Å². The molecule has 4 heteroatoms. The van der Waals surface area contributed by atoms with E-state index in [1.54, 1.807) is 0 Å². The second-order valence-corrected chi connectivity index (χ2v) is 2.72. The van der Waals surface area contributed by atoms with Gasteiger partial charge >= 0.3 is 0 Å². The number of hydrogen-bond acceptors (Lipinski definition) is 1. The Labute approximate surface area is 82.4 Å². The molecule has 74 valence electrons. The van der Waals surface area contributed by atoms with Crippen molar-refractivity contribution in [1.29, 1.82) is 0 Å². The maximum atomic E-state index is 12.6. The van der Waals surface area contributed by atoms with Crippen LogP contribution in [0.5, 0.6) is 0 Å². The number of benzene rings is 1. The molecule has 0 radical (unpaired) electrons. The maximum Gasteiger partial charge on any atom is 0.126 e. The van der Waals surface area contributed by atoms with Crippen molar-refractivity contribution in [3.05, 3.63) is 35.4 Å². The van der Waals surface area contributed by atoms with Gasteiger partial charge in [0.25, 0.3) is 0 Å². The van der Waals surface area contributed by atoms with E-state index in [0.29, 0.717) is 12.0 Å². The smallest absolute Gasteiger partial charge is 0.126 e. The highest BCUT2D eigenvalue weighted by molar-refractivity contribution is 5.85. The van der Waals surface area contributed by atoms with Crippen LogP contribution < -0.4 is 5.73 Å². The van der Waals surface area contributed by atoms with Gasteiger partial charge in [-0.15, -0.1) is 12.4 Å². The first-order chi connectivity index (χ1) is 5.63. The van der Waals surface area contributed by atoms with Crippen LogP contribution in [0.3, 0.4) is 0 Å². The molecule has 0 aliphatic carbocycles. The van der Waals surface area contributed by atoms with E-state index in [2.05, 4.69) is 0 Å². The van der Waals surface area contributed by atoms with Gasteiger partial charge in [0.05, 0.1) is 0 Å². The highest BCUT2D eigenvalue weighted by Crippen LogP contribution is 2.16. The van der Waals surface area contributed by atoms with Crippen LogP contribution in [0.2, 0.25) is 0 Å². The zero-order valence-corrected chi connectivity index (χ0v) is 8.07. The zero-order chi connectivity index (χ0) is 9.14. The fourth-order valence-corrected chi connectivity index (χ4v) is 1.02. The topological polar surface area (TPSA) is 26.0 Å². The molecule has 1 aromatic carbocycles. The Kier molecular flexibility index (Phi) is 4.88. The predicted octanol–water partition coefficient (Wildman–Crippen LogP) is 2.80. The standard InChI is InChI=1S/C9H11F2N.ClH/c1-2-9(12)6-3-7(10)5-8(11)4-6;/h3-5,9H,2,12H2,1H3;1H/t9-;/m1./s1. The normalized spacial score (nSPS) is 12.0. The van der Waals surface area contributed by atoms with Crippen molar-refractivity contribution in [3.63, 3.8) is 0 Å². The van der Waals surface area contributed by atoms with Crippen molar-refractivity contribution < 1.29 is 8.78 Å². The Bertz CT molecular complexity index is 258. The molecule has 0 aromatic heterocycles. The second-order valence-electron chi connectivity index (χ2n) is 2.72. The average Bonchev–Trinajstić information content (AvgIpc) is 2.01. The predicted molar refractivity (Wildman–Crippen MR) is 50.8 cm³/mol. The lowest BCUT2D eigenvalue weighted by Crippen LogP contribution is -2.09. The van der Waals surface area contributed by atoms with Crippen LogP contribution in [0.1, 0.15) is 24.9 Å². The van der Waals surface area contributed by atoms with E-state index < -0.39 is 11.6 Å². The number of rotatable bonds is 2. The monoisotopic (exact) mass is 207 g/mol. The lowest BCUT2D eigenvalue weighted by molar-refractivity contribution is 0.571. The Morgan fingerprint density at radius 1 is 1.23 bits per heavy atom. The summed E-state index contributed by atoms with van der Waals surface area (Å²) in [5.41, 5.74) is 6.11. The number of halogens is 3. The molecule has 0 spiro atoms. The van der Waals surface area contributed by atoms with Crippen LogP contribution in [0.25, 0.3) is 0 Å². The van der Waals surface area contributed by atoms with Gasteiger partial charge in [-0.3, -0.25) is 0 Å². The van der Waals surface area contributed by atoms with Gasteiger partial charge in [0.15, 0.2) is 0 Å². The van der Waals surface area contributed by atoms with Crippen LogP contribution in [-0.2, 0) is 0 Å². The molecule has 0 saturated heterocycles. The van der Waals surface area contributed by atoms with Gasteiger partial charge in [-0.2, -0.15) is 0 Å². The summed E-state index contributed by atoms with van der Waals surface area (Å²) in [5, 5.41) is 0. The van der Waals surface area contributed by atoms with Gasteiger partial charge in [0.1, 0.15) is 11.6 Å². The maximum absolute atomic E-state index is 12.6. The van der Waals surface area contributed by atoms with Crippen LogP contribution in [-0.4, -0.2) is 0 Å². The summed E-state index contributed by atoms with van der Waals surface area (Å²) in [6, 6.07) is 3.08. The van der Waals surface area contributed by atoms with Crippen molar-refractivity contribution in [2.24, 2.45) is 5.73 Å². The number of hydrogen-bond donors (Lipinski definition) is 1. The van der Waals surface area contributed by atoms with Crippen molar-refractivity contribution in [1.82, 2.24) is 0 Å². The molecule has 0 amide bonds. The minimum atomic E-state index is -0.575. The molecule has 0 bridgehead atoms. The lowest BCUT2D eigenvalue weighted by atomic mass is 10.1. The summed E-state index contributed by atoms with van der Waals surface area (Å²) < 4.78 is 25.3. The molecule has 1 rings (SSSR count). The summed E-state index contributed by atoms with van der Waals surface area (Å²) in [4.78, 5) is 0. The highest BCUT2D eigenvalue weighted by atomic mass is 35.5. The first kappa shape index (κ1) is 12.3. The average molecular weight is 208 g/mol. The largest absolute Gasteiger partial charge is 0.324 e. The third-order valence-electron chi connectivity index (χ3n) is 1.75. The Hall–Kier alpha value is -0.670. The molecule has 1 nitrogen and oxygen atoms in total. The van der Waals surface area contributed by atoms with Crippen LogP contribution in [0.15, 0.2) is 18.2 Å². The van der Waals surface area contributed by atoms with Crippen LogP contribution in [0, 0.1) is 11.6 Å². The minimum absolute atomic E-state index is 0. The Morgan fingerprint density at radius 2 is 1.69 bits per heavy atom. The van der Waals surface area contributed by atoms with Crippen LogP contribution in [0.4, 0.5) is 8.78 Å². The molecule has 13 heavy (non-hydrogen) atoms. The Balaban J connectivity index is 0.00000144. The molecule has 2 N–H and O–H groups in total. The van der Waals surface area contributed by atoms with Crippen LogP contribution >= 0.6 is 12.4 Å². The molecular formula is C9H12ClF2N. The third-order valence-corrected chi connectivity index (χ3v) is 1.75. The first-order valence-corrected chi connectivity index (χ1v) is 3.85. The second kappa shape index (κ2) is 5.14.